The van der Waals surface area contributed by atoms with Crippen molar-refractivity contribution in [2.24, 2.45) is 0 Å². The first-order valence-corrected chi connectivity index (χ1v) is 6.59. The largest absolute Gasteiger partial charge is 0.302 e. The predicted octanol–water partition coefficient (Wildman–Crippen LogP) is 3.87. The van der Waals surface area contributed by atoms with Crippen molar-refractivity contribution in [3.63, 3.8) is 0 Å². The van der Waals surface area contributed by atoms with E-state index in [9.17, 15) is 0 Å². The van der Waals surface area contributed by atoms with E-state index in [1.807, 2.05) is 18.2 Å². The van der Waals surface area contributed by atoms with Crippen molar-refractivity contribution in [3.05, 3.63) is 52.8 Å². The van der Waals surface area contributed by atoms with Gasteiger partial charge in [0.15, 0.2) is 0 Å². The molecule has 4 heteroatoms. The van der Waals surface area contributed by atoms with Crippen molar-refractivity contribution in [3.8, 4) is 0 Å². The van der Waals surface area contributed by atoms with Crippen molar-refractivity contribution in [2.75, 3.05) is 0 Å². The Balaban J connectivity index is 2.07. The Hall–Kier alpha value is -1.32. The molecule has 0 aliphatic rings. The summed E-state index contributed by atoms with van der Waals surface area (Å²) in [6.07, 6.45) is 2.80. The minimum Gasteiger partial charge on any atom is -0.302 e. The number of rotatable bonds is 5. The van der Waals surface area contributed by atoms with Crippen molar-refractivity contribution in [1.82, 2.24) is 15.5 Å². The third-order valence-corrected chi connectivity index (χ3v) is 3.37. The molecule has 0 saturated heterocycles. The minimum absolute atomic E-state index is 0.244. The summed E-state index contributed by atoms with van der Waals surface area (Å²) in [6, 6.07) is 10.6. The summed E-state index contributed by atoms with van der Waals surface area (Å²) in [6.45, 7) is 4.30. The summed E-state index contributed by atoms with van der Waals surface area (Å²) in [4.78, 5) is 0. The van der Waals surface area contributed by atoms with Gasteiger partial charge in [-0.25, -0.2) is 0 Å². The third-order valence-electron chi connectivity index (χ3n) is 3.12. The van der Waals surface area contributed by atoms with Crippen LogP contribution in [0.4, 0.5) is 0 Å². The number of benzene rings is 1. The van der Waals surface area contributed by atoms with Gasteiger partial charge in [-0.1, -0.05) is 30.7 Å². The SMILES string of the molecule is CCC(NC(C)c1ccn[nH]1)c1ccc(Cl)cc1. The molecule has 0 spiro atoms. The van der Waals surface area contributed by atoms with Gasteiger partial charge in [-0.3, -0.25) is 5.10 Å². The maximum absolute atomic E-state index is 5.91. The van der Waals surface area contributed by atoms with Crippen LogP contribution in [-0.2, 0) is 0 Å². The van der Waals surface area contributed by atoms with Crippen LogP contribution in [0.2, 0.25) is 5.02 Å². The average molecular weight is 264 g/mol. The summed E-state index contributed by atoms with van der Waals surface area (Å²) in [5.74, 6) is 0. The lowest BCUT2D eigenvalue weighted by molar-refractivity contribution is 0.449. The molecular weight excluding hydrogens is 246 g/mol. The van der Waals surface area contributed by atoms with Gasteiger partial charge in [0.1, 0.15) is 0 Å². The third kappa shape index (κ3) is 3.12. The summed E-state index contributed by atoms with van der Waals surface area (Å²) in [5.41, 5.74) is 2.36. The van der Waals surface area contributed by atoms with E-state index >= 15 is 0 Å². The highest BCUT2D eigenvalue weighted by Gasteiger charge is 2.14. The van der Waals surface area contributed by atoms with Gasteiger partial charge in [0.2, 0.25) is 0 Å². The normalized spacial score (nSPS) is 14.4. The zero-order valence-corrected chi connectivity index (χ0v) is 11.4. The first kappa shape index (κ1) is 13.1. The zero-order chi connectivity index (χ0) is 13.0. The standard InChI is InChI=1S/C14H18ClN3/c1-3-13(11-4-6-12(15)7-5-11)17-10(2)14-8-9-16-18-14/h4-10,13,17H,3H2,1-2H3,(H,16,18). The molecular formula is C14H18ClN3. The molecule has 0 radical (unpaired) electrons. The van der Waals surface area contributed by atoms with E-state index in [1.165, 1.54) is 5.56 Å². The molecule has 2 N–H and O–H groups in total. The van der Waals surface area contributed by atoms with Crippen LogP contribution < -0.4 is 5.32 Å². The summed E-state index contributed by atoms with van der Waals surface area (Å²) in [7, 11) is 0. The van der Waals surface area contributed by atoms with E-state index in [1.54, 1.807) is 6.20 Å². The molecule has 1 heterocycles. The lowest BCUT2D eigenvalue weighted by Crippen LogP contribution is -2.24. The molecule has 0 aliphatic carbocycles. The van der Waals surface area contributed by atoms with Gasteiger partial charge < -0.3 is 5.32 Å². The maximum Gasteiger partial charge on any atom is 0.0518 e. The van der Waals surface area contributed by atoms with Crippen LogP contribution in [0.15, 0.2) is 36.5 Å². The number of nitrogens with zero attached hydrogens (tertiary/aromatic N) is 1. The second kappa shape index (κ2) is 6.03. The van der Waals surface area contributed by atoms with Crippen LogP contribution in [-0.4, -0.2) is 10.2 Å². The quantitative estimate of drug-likeness (QED) is 0.860. The highest BCUT2D eigenvalue weighted by atomic mass is 35.5. The lowest BCUT2D eigenvalue weighted by Gasteiger charge is -2.22. The van der Waals surface area contributed by atoms with Crippen LogP contribution in [0, 0.1) is 0 Å². The molecule has 0 aliphatic heterocycles. The molecule has 3 nitrogen and oxygen atoms in total. The Morgan fingerprint density at radius 1 is 1.28 bits per heavy atom. The Morgan fingerprint density at radius 2 is 2.00 bits per heavy atom. The maximum atomic E-state index is 5.91. The predicted molar refractivity (Wildman–Crippen MR) is 74.6 cm³/mol. The van der Waals surface area contributed by atoms with Gasteiger partial charge in [-0.15, -0.1) is 0 Å². The van der Waals surface area contributed by atoms with Crippen LogP contribution >= 0.6 is 11.6 Å². The monoisotopic (exact) mass is 263 g/mol. The molecule has 0 fully saturated rings. The molecule has 0 bridgehead atoms. The minimum atomic E-state index is 0.244. The molecule has 96 valence electrons. The van der Waals surface area contributed by atoms with E-state index in [2.05, 4.69) is 41.5 Å². The first-order valence-electron chi connectivity index (χ1n) is 6.21. The number of hydrogen-bond acceptors (Lipinski definition) is 2. The van der Waals surface area contributed by atoms with E-state index in [0.717, 1.165) is 17.1 Å². The summed E-state index contributed by atoms with van der Waals surface area (Å²) in [5, 5.41) is 11.3. The Morgan fingerprint density at radius 3 is 2.56 bits per heavy atom. The highest BCUT2D eigenvalue weighted by molar-refractivity contribution is 6.30. The first-order chi connectivity index (χ1) is 8.70. The number of H-pyrrole nitrogens is 1. The van der Waals surface area contributed by atoms with E-state index in [4.69, 9.17) is 11.6 Å². The van der Waals surface area contributed by atoms with Crippen LogP contribution in [0.1, 0.15) is 43.6 Å². The van der Waals surface area contributed by atoms with E-state index in [-0.39, 0.29) is 6.04 Å². The number of aromatic nitrogens is 2. The van der Waals surface area contributed by atoms with Gasteiger partial charge in [-0.05, 0) is 37.1 Å². The molecule has 2 atom stereocenters. The lowest BCUT2D eigenvalue weighted by atomic mass is 10.0. The van der Waals surface area contributed by atoms with E-state index in [0.29, 0.717) is 6.04 Å². The van der Waals surface area contributed by atoms with Crippen molar-refractivity contribution in [1.29, 1.82) is 0 Å². The van der Waals surface area contributed by atoms with E-state index < -0.39 is 0 Å². The number of halogens is 1. The molecule has 2 unspecified atom stereocenters. The summed E-state index contributed by atoms with van der Waals surface area (Å²) >= 11 is 5.91. The second-order valence-corrected chi connectivity index (χ2v) is 4.85. The average Bonchev–Trinajstić information content (AvgIpc) is 2.91. The highest BCUT2D eigenvalue weighted by Crippen LogP contribution is 2.22. The zero-order valence-electron chi connectivity index (χ0n) is 10.7. The van der Waals surface area contributed by atoms with Crippen molar-refractivity contribution < 1.29 is 0 Å². The van der Waals surface area contributed by atoms with Gasteiger partial charge in [0.25, 0.3) is 0 Å². The fourth-order valence-corrected chi connectivity index (χ4v) is 2.17. The fraction of sp³-hybridized carbons (Fsp3) is 0.357. The van der Waals surface area contributed by atoms with Gasteiger partial charge >= 0.3 is 0 Å². The van der Waals surface area contributed by atoms with Crippen LogP contribution in [0.5, 0.6) is 0 Å². The second-order valence-electron chi connectivity index (χ2n) is 4.41. The Kier molecular flexibility index (Phi) is 4.39. The fourth-order valence-electron chi connectivity index (χ4n) is 2.04. The number of aromatic amines is 1. The van der Waals surface area contributed by atoms with Crippen molar-refractivity contribution >= 4 is 11.6 Å². The topological polar surface area (TPSA) is 40.7 Å². The molecule has 2 aromatic rings. The molecule has 0 amide bonds. The molecule has 18 heavy (non-hydrogen) atoms. The van der Waals surface area contributed by atoms with Crippen LogP contribution in [0.3, 0.4) is 0 Å². The molecule has 2 rings (SSSR count). The molecule has 1 aromatic heterocycles. The van der Waals surface area contributed by atoms with Gasteiger partial charge in [0, 0.05) is 23.3 Å². The van der Waals surface area contributed by atoms with Crippen molar-refractivity contribution in [2.45, 2.75) is 32.4 Å². The van der Waals surface area contributed by atoms with Crippen LogP contribution in [0.25, 0.3) is 0 Å². The number of nitrogens with one attached hydrogen (secondary N) is 2. The Labute approximate surface area is 113 Å². The molecule has 1 aromatic carbocycles. The van der Waals surface area contributed by atoms with Gasteiger partial charge in [0.05, 0.1) is 5.69 Å². The Bertz CT molecular complexity index is 464. The summed E-state index contributed by atoms with van der Waals surface area (Å²) < 4.78 is 0. The smallest absolute Gasteiger partial charge is 0.0518 e. The number of hydrogen-bond donors (Lipinski definition) is 2. The molecule has 0 saturated carbocycles. The van der Waals surface area contributed by atoms with Gasteiger partial charge in [-0.2, -0.15) is 5.10 Å².